The quantitative estimate of drug-likeness (QED) is 0.215. The maximum absolute atomic E-state index is 13.0. The highest BCUT2D eigenvalue weighted by atomic mass is 35.5. The zero-order valence-corrected chi connectivity index (χ0v) is 21.1. The zero-order valence-electron chi connectivity index (χ0n) is 19.6. The van der Waals surface area contributed by atoms with E-state index in [2.05, 4.69) is 4.90 Å². The van der Waals surface area contributed by atoms with E-state index in [1.54, 1.807) is 35.9 Å². The van der Waals surface area contributed by atoms with Crippen molar-refractivity contribution in [2.24, 2.45) is 7.05 Å². The molecule has 0 unspecified atom stereocenters. The molecule has 186 valence electrons. The van der Waals surface area contributed by atoms with E-state index in [1.807, 2.05) is 23.1 Å². The number of pyridine rings is 1. The van der Waals surface area contributed by atoms with Crippen LogP contribution in [-0.4, -0.2) is 53.2 Å². The van der Waals surface area contributed by atoms with E-state index in [0.717, 1.165) is 15.3 Å². The van der Waals surface area contributed by atoms with Crippen LogP contribution in [0.4, 0.5) is 16.5 Å². The topological polar surface area (TPSA) is 111 Å². The molecule has 1 aliphatic heterocycles. The third-order valence-corrected chi connectivity index (χ3v) is 7.54. The fourth-order valence-corrected chi connectivity index (χ4v) is 5.59. The highest BCUT2D eigenvalue weighted by molar-refractivity contribution is 7.22. The second kappa shape index (κ2) is 9.40. The van der Waals surface area contributed by atoms with Crippen molar-refractivity contribution in [2.75, 3.05) is 42.6 Å². The number of aromatic nitrogens is 2. The second-order valence-electron chi connectivity index (χ2n) is 8.40. The Kier molecular flexibility index (Phi) is 6.27. The average molecular weight is 528 g/mol. The van der Waals surface area contributed by atoms with Crippen molar-refractivity contribution in [3.8, 4) is 0 Å². The first kappa shape index (κ1) is 24.0. The van der Waals surface area contributed by atoms with Crippen LogP contribution in [0.2, 0.25) is 5.02 Å². The normalized spacial score (nSPS) is 14.0. The summed E-state index contributed by atoms with van der Waals surface area (Å²) in [6, 6.07) is 8.54. The number of piperazine rings is 1. The van der Waals surface area contributed by atoms with Crippen molar-refractivity contribution < 1.29 is 14.5 Å². The maximum Gasteiger partial charge on any atom is 0.343 e. The summed E-state index contributed by atoms with van der Waals surface area (Å²) in [7, 11) is 1.69. The van der Waals surface area contributed by atoms with Gasteiger partial charge >= 0.3 is 5.97 Å². The lowest BCUT2D eigenvalue weighted by atomic mass is 10.1. The molecule has 0 N–H and O–H groups in total. The number of ether oxygens (including phenoxy) is 1. The van der Waals surface area contributed by atoms with Gasteiger partial charge in [0, 0.05) is 50.5 Å². The summed E-state index contributed by atoms with van der Waals surface area (Å²) in [6.45, 7) is 4.10. The Morgan fingerprint density at radius 3 is 2.61 bits per heavy atom. The van der Waals surface area contributed by atoms with Gasteiger partial charge < -0.3 is 19.1 Å². The Morgan fingerprint density at radius 2 is 1.92 bits per heavy atom. The predicted octanol–water partition coefficient (Wildman–Crippen LogP) is 4.21. The number of carbonyl (C=O) groups is 1. The zero-order chi connectivity index (χ0) is 25.6. The maximum atomic E-state index is 13.0. The monoisotopic (exact) mass is 527 g/mol. The molecule has 0 bridgehead atoms. The summed E-state index contributed by atoms with van der Waals surface area (Å²) in [6.07, 6.45) is 1.41. The molecule has 2 aromatic heterocycles. The van der Waals surface area contributed by atoms with E-state index in [4.69, 9.17) is 21.3 Å². The van der Waals surface area contributed by atoms with Crippen LogP contribution < -0.4 is 15.2 Å². The Balaban J connectivity index is 1.47. The third-order valence-electron chi connectivity index (χ3n) is 6.21. The lowest BCUT2D eigenvalue weighted by molar-refractivity contribution is -0.384. The molecule has 2 aromatic carbocycles. The minimum atomic E-state index is -0.750. The Hall–Kier alpha value is -3.70. The molecule has 0 aliphatic carbocycles. The lowest BCUT2D eigenvalue weighted by Crippen LogP contribution is -2.46. The minimum absolute atomic E-state index is 0.102. The third kappa shape index (κ3) is 4.24. The number of thiazole rings is 1. The molecule has 1 fully saturated rings. The van der Waals surface area contributed by atoms with Crippen LogP contribution in [0.25, 0.3) is 21.1 Å². The number of esters is 1. The van der Waals surface area contributed by atoms with Gasteiger partial charge in [-0.2, -0.15) is 0 Å². The fraction of sp³-hybridized carbons (Fsp3) is 0.292. The van der Waals surface area contributed by atoms with Crippen LogP contribution in [0.15, 0.2) is 41.3 Å². The molecule has 5 rings (SSSR count). The molecule has 0 atom stereocenters. The van der Waals surface area contributed by atoms with E-state index >= 15 is 0 Å². The van der Waals surface area contributed by atoms with Gasteiger partial charge in [-0.25, -0.2) is 9.78 Å². The van der Waals surface area contributed by atoms with E-state index in [1.165, 1.54) is 12.3 Å². The predicted molar refractivity (Wildman–Crippen MR) is 141 cm³/mol. The van der Waals surface area contributed by atoms with Gasteiger partial charge in [-0.15, -0.1) is 0 Å². The SMILES string of the molecule is CCOC(=O)c1cn(C)c2cc(N3CCN(c4nc5cc(Cl)ccc5s4)CC3)c([N+](=O)[O-])cc2c1=O. The summed E-state index contributed by atoms with van der Waals surface area (Å²) < 4.78 is 7.64. The highest BCUT2D eigenvalue weighted by Crippen LogP contribution is 2.35. The van der Waals surface area contributed by atoms with Crippen LogP contribution in [-0.2, 0) is 11.8 Å². The van der Waals surface area contributed by atoms with Gasteiger partial charge in [0.1, 0.15) is 11.3 Å². The summed E-state index contributed by atoms with van der Waals surface area (Å²) in [5, 5.41) is 13.6. The number of hydrogen-bond acceptors (Lipinski definition) is 9. The summed E-state index contributed by atoms with van der Waals surface area (Å²) in [4.78, 5) is 45.5. The van der Waals surface area contributed by atoms with Crippen LogP contribution in [0.3, 0.4) is 0 Å². The van der Waals surface area contributed by atoms with Gasteiger partial charge in [0.2, 0.25) is 5.43 Å². The average Bonchev–Trinajstić information content (AvgIpc) is 3.29. The van der Waals surface area contributed by atoms with Crippen LogP contribution in [0.5, 0.6) is 0 Å². The summed E-state index contributed by atoms with van der Waals surface area (Å²) >= 11 is 7.67. The number of nitro groups is 1. The van der Waals surface area contributed by atoms with Gasteiger partial charge in [-0.3, -0.25) is 14.9 Å². The van der Waals surface area contributed by atoms with Gasteiger partial charge in [0.05, 0.1) is 32.6 Å². The molecule has 12 heteroatoms. The number of benzene rings is 2. The molecule has 0 saturated carbocycles. The van der Waals surface area contributed by atoms with Crippen LogP contribution >= 0.6 is 22.9 Å². The minimum Gasteiger partial charge on any atom is -0.462 e. The molecule has 1 aliphatic rings. The van der Waals surface area contributed by atoms with Gasteiger partial charge in [0.15, 0.2) is 5.13 Å². The number of hydrogen-bond donors (Lipinski definition) is 0. The van der Waals surface area contributed by atoms with E-state index in [0.29, 0.717) is 42.4 Å². The van der Waals surface area contributed by atoms with Gasteiger partial charge in [-0.05, 0) is 31.2 Å². The number of nitrogens with zero attached hydrogens (tertiary/aromatic N) is 5. The molecule has 0 amide bonds. The molecule has 10 nitrogen and oxygen atoms in total. The molecule has 4 aromatic rings. The number of fused-ring (bicyclic) bond motifs is 2. The first-order valence-corrected chi connectivity index (χ1v) is 12.5. The summed E-state index contributed by atoms with van der Waals surface area (Å²) in [5.41, 5.74) is 0.861. The Morgan fingerprint density at radius 1 is 1.19 bits per heavy atom. The number of nitro benzene ring substituents is 1. The molecule has 1 saturated heterocycles. The van der Waals surface area contributed by atoms with Gasteiger partial charge in [-0.1, -0.05) is 22.9 Å². The van der Waals surface area contributed by atoms with Crippen molar-refractivity contribution in [3.05, 3.63) is 67.5 Å². The van der Waals surface area contributed by atoms with E-state index in [-0.39, 0.29) is 23.2 Å². The van der Waals surface area contributed by atoms with Crippen molar-refractivity contribution in [1.82, 2.24) is 9.55 Å². The largest absolute Gasteiger partial charge is 0.462 e. The standard InChI is InChI=1S/C24H22ClN5O5S/c1-3-35-23(32)16-13-27(2)18-12-19(20(30(33)34)11-15(18)22(16)31)28-6-8-29(9-7-28)24-26-17-10-14(25)4-5-21(17)36-24/h4-5,10-13H,3,6-9H2,1-2H3. The van der Waals surface area contributed by atoms with Crippen LogP contribution in [0.1, 0.15) is 17.3 Å². The van der Waals surface area contributed by atoms with E-state index < -0.39 is 16.3 Å². The van der Waals surface area contributed by atoms with Crippen molar-refractivity contribution in [3.63, 3.8) is 0 Å². The first-order chi connectivity index (χ1) is 17.3. The number of carbonyl (C=O) groups excluding carboxylic acids is 1. The van der Waals surface area contributed by atoms with Gasteiger partial charge in [0.25, 0.3) is 5.69 Å². The Labute approximate surface area is 214 Å². The second-order valence-corrected chi connectivity index (χ2v) is 9.85. The molecular formula is C24H22ClN5O5S. The van der Waals surface area contributed by atoms with Crippen molar-refractivity contribution in [1.29, 1.82) is 0 Å². The smallest absolute Gasteiger partial charge is 0.343 e. The first-order valence-electron chi connectivity index (χ1n) is 11.3. The highest BCUT2D eigenvalue weighted by Gasteiger charge is 2.27. The van der Waals surface area contributed by atoms with Crippen molar-refractivity contribution >= 4 is 66.5 Å². The fourth-order valence-electron chi connectivity index (χ4n) is 4.42. The molecule has 36 heavy (non-hydrogen) atoms. The molecular weight excluding hydrogens is 506 g/mol. The number of anilines is 2. The number of halogens is 1. The molecule has 0 spiro atoms. The molecule has 0 radical (unpaired) electrons. The summed E-state index contributed by atoms with van der Waals surface area (Å²) in [5.74, 6) is -0.750. The van der Waals surface area contributed by atoms with E-state index in [9.17, 15) is 19.7 Å². The number of aryl methyl sites for hydroxylation is 1. The molecule has 3 heterocycles. The van der Waals surface area contributed by atoms with Crippen LogP contribution in [0, 0.1) is 10.1 Å². The van der Waals surface area contributed by atoms with Crippen molar-refractivity contribution in [2.45, 2.75) is 6.92 Å². The number of rotatable bonds is 5. The Bertz CT molecular complexity index is 1570. The lowest BCUT2D eigenvalue weighted by Gasteiger charge is -2.35.